The Kier molecular flexibility index (Phi) is 5.81. The molecule has 9 heteroatoms. The molecule has 5 rings (SSSR count). The third-order valence-corrected chi connectivity index (χ3v) is 5.99. The highest BCUT2D eigenvalue weighted by Gasteiger charge is 2.22. The monoisotopic (exact) mass is 436 g/mol. The molecule has 2 aromatic heterocycles. The summed E-state index contributed by atoms with van der Waals surface area (Å²) in [6.07, 6.45) is 2.70. The quantitative estimate of drug-likeness (QED) is 0.662. The van der Waals surface area contributed by atoms with Crippen LogP contribution in [0.4, 0.5) is 10.5 Å². The van der Waals surface area contributed by atoms with E-state index in [-0.39, 0.29) is 6.03 Å². The van der Waals surface area contributed by atoms with Gasteiger partial charge < -0.3 is 24.3 Å². The van der Waals surface area contributed by atoms with Gasteiger partial charge in [0.15, 0.2) is 17.1 Å². The summed E-state index contributed by atoms with van der Waals surface area (Å²) in [5, 5.41) is 2.98. The van der Waals surface area contributed by atoms with E-state index in [1.165, 1.54) is 0 Å². The average molecular weight is 437 g/mol. The second-order valence-electron chi connectivity index (χ2n) is 8.00. The molecular formula is C23H28N6O3. The largest absolute Gasteiger partial charge is 0.486 e. The predicted molar refractivity (Wildman–Crippen MR) is 121 cm³/mol. The summed E-state index contributed by atoms with van der Waals surface area (Å²) in [4.78, 5) is 26.2. The number of fused-ring (bicyclic) bond motifs is 2. The van der Waals surface area contributed by atoms with Crippen LogP contribution in [0.25, 0.3) is 11.2 Å². The van der Waals surface area contributed by atoms with Crippen LogP contribution in [0.1, 0.15) is 12.7 Å². The van der Waals surface area contributed by atoms with Crippen molar-refractivity contribution in [3.63, 3.8) is 0 Å². The van der Waals surface area contributed by atoms with Crippen LogP contribution >= 0.6 is 0 Å². The summed E-state index contributed by atoms with van der Waals surface area (Å²) in [6.45, 7) is 8.03. The van der Waals surface area contributed by atoms with E-state index < -0.39 is 0 Å². The first-order valence-corrected chi connectivity index (χ1v) is 11.2. The highest BCUT2D eigenvalue weighted by molar-refractivity contribution is 5.89. The van der Waals surface area contributed by atoms with E-state index in [0.717, 1.165) is 55.3 Å². The van der Waals surface area contributed by atoms with Crippen molar-refractivity contribution in [3.8, 4) is 11.5 Å². The predicted octanol–water partition coefficient (Wildman–Crippen LogP) is 2.61. The lowest BCUT2D eigenvalue weighted by molar-refractivity contribution is 0.144. The Bertz CT molecular complexity index is 1110. The van der Waals surface area contributed by atoms with E-state index in [2.05, 4.69) is 26.7 Å². The van der Waals surface area contributed by atoms with Crippen LogP contribution in [0.5, 0.6) is 11.5 Å². The molecule has 32 heavy (non-hydrogen) atoms. The van der Waals surface area contributed by atoms with Crippen molar-refractivity contribution in [1.29, 1.82) is 0 Å². The molecule has 1 N–H and O–H groups in total. The van der Waals surface area contributed by atoms with Crippen LogP contribution in [0, 0.1) is 0 Å². The van der Waals surface area contributed by atoms with E-state index in [9.17, 15) is 4.79 Å². The molecule has 4 heterocycles. The Hall–Kier alpha value is -3.33. The highest BCUT2D eigenvalue weighted by Crippen LogP contribution is 2.32. The minimum Gasteiger partial charge on any atom is -0.486 e. The van der Waals surface area contributed by atoms with Crippen molar-refractivity contribution in [2.24, 2.45) is 0 Å². The van der Waals surface area contributed by atoms with Gasteiger partial charge in [-0.2, -0.15) is 0 Å². The van der Waals surface area contributed by atoms with Gasteiger partial charge in [0.05, 0.1) is 0 Å². The molecular weight excluding hydrogens is 408 g/mol. The molecule has 0 bridgehead atoms. The summed E-state index contributed by atoms with van der Waals surface area (Å²) in [5.41, 5.74) is 2.61. The van der Waals surface area contributed by atoms with Crippen LogP contribution in [0.3, 0.4) is 0 Å². The molecule has 2 aliphatic heterocycles. The van der Waals surface area contributed by atoms with Crippen molar-refractivity contribution in [1.82, 2.24) is 24.3 Å². The number of benzene rings is 1. The van der Waals surface area contributed by atoms with Crippen molar-refractivity contribution < 1.29 is 14.3 Å². The molecule has 0 aliphatic carbocycles. The molecule has 0 spiro atoms. The van der Waals surface area contributed by atoms with Crippen molar-refractivity contribution in [2.75, 3.05) is 51.3 Å². The average Bonchev–Trinajstić information content (AvgIpc) is 3.20. The minimum absolute atomic E-state index is 0.0839. The van der Waals surface area contributed by atoms with E-state index >= 15 is 0 Å². The first kappa shape index (κ1) is 20.6. The Morgan fingerprint density at radius 1 is 1.06 bits per heavy atom. The van der Waals surface area contributed by atoms with Gasteiger partial charge in [-0.25, -0.2) is 14.8 Å². The van der Waals surface area contributed by atoms with Crippen LogP contribution < -0.4 is 14.8 Å². The van der Waals surface area contributed by atoms with E-state index in [0.29, 0.717) is 37.7 Å². The number of imidazole rings is 1. The number of aromatic nitrogens is 3. The third-order valence-electron chi connectivity index (χ3n) is 5.99. The Balaban J connectivity index is 1.14. The molecule has 3 aromatic rings. The molecule has 2 aliphatic rings. The Labute approximate surface area is 186 Å². The summed E-state index contributed by atoms with van der Waals surface area (Å²) < 4.78 is 13.4. The fourth-order valence-corrected chi connectivity index (χ4v) is 4.25. The molecule has 9 nitrogen and oxygen atoms in total. The van der Waals surface area contributed by atoms with Gasteiger partial charge in [0.1, 0.15) is 24.6 Å². The number of hydrogen-bond donors (Lipinski definition) is 1. The smallest absolute Gasteiger partial charge is 0.321 e. The SMILES string of the molecule is CCc1nc2cccnc2n1CCN1CCN(C(=O)Nc2ccc3c(c2)OCCO3)CC1. The number of rotatable bonds is 5. The van der Waals surface area contributed by atoms with E-state index in [1.807, 2.05) is 41.4 Å². The van der Waals surface area contributed by atoms with Gasteiger partial charge in [0.2, 0.25) is 0 Å². The fraction of sp³-hybridized carbons (Fsp3) is 0.435. The summed E-state index contributed by atoms with van der Waals surface area (Å²) in [7, 11) is 0. The molecule has 1 aromatic carbocycles. The molecule has 0 radical (unpaired) electrons. The molecule has 168 valence electrons. The number of hydrogen-bond acceptors (Lipinski definition) is 6. The summed E-state index contributed by atoms with van der Waals surface area (Å²) >= 11 is 0. The van der Waals surface area contributed by atoms with Crippen LogP contribution in [-0.4, -0.2) is 76.3 Å². The summed E-state index contributed by atoms with van der Waals surface area (Å²) in [6, 6.07) is 9.35. The number of ether oxygens (including phenoxy) is 2. The van der Waals surface area contributed by atoms with Gasteiger partial charge in [0, 0.05) is 63.6 Å². The zero-order valence-corrected chi connectivity index (χ0v) is 18.3. The lowest BCUT2D eigenvalue weighted by atomic mass is 10.2. The number of piperazine rings is 1. The number of nitrogens with zero attached hydrogens (tertiary/aromatic N) is 5. The third kappa shape index (κ3) is 4.20. The maximum Gasteiger partial charge on any atom is 0.321 e. The van der Waals surface area contributed by atoms with Gasteiger partial charge in [0.25, 0.3) is 0 Å². The van der Waals surface area contributed by atoms with Gasteiger partial charge >= 0.3 is 6.03 Å². The highest BCUT2D eigenvalue weighted by atomic mass is 16.6. The summed E-state index contributed by atoms with van der Waals surface area (Å²) in [5.74, 6) is 2.46. The maximum absolute atomic E-state index is 12.7. The number of carbonyl (C=O) groups is 1. The number of carbonyl (C=O) groups excluding carboxylic acids is 1. The fourth-order valence-electron chi connectivity index (χ4n) is 4.25. The Morgan fingerprint density at radius 2 is 1.88 bits per heavy atom. The molecule has 1 saturated heterocycles. The maximum atomic E-state index is 12.7. The topological polar surface area (TPSA) is 84.8 Å². The van der Waals surface area contributed by atoms with Crippen molar-refractivity contribution >= 4 is 22.9 Å². The van der Waals surface area contributed by atoms with E-state index in [1.54, 1.807) is 0 Å². The zero-order chi connectivity index (χ0) is 21.9. The number of aryl methyl sites for hydroxylation is 1. The second kappa shape index (κ2) is 9.04. The zero-order valence-electron chi connectivity index (χ0n) is 18.3. The number of pyridine rings is 1. The first-order chi connectivity index (χ1) is 15.7. The van der Waals surface area contributed by atoms with Crippen LogP contribution in [0.15, 0.2) is 36.5 Å². The molecule has 0 saturated carbocycles. The minimum atomic E-state index is -0.0839. The molecule has 0 unspecified atom stereocenters. The van der Waals surface area contributed by atoms with Crippen molar-refractivity contribution in [2.45, 2.75) is 19.9 Å². The van der Waals surface area contributed by atoms with Crippen LogP contribution in [0.2, 0.25) is 0 Å². The lowest BCUT2D eigenvalue weighted by Gasteiger charge is -2.34. The van der Waals surface area contributed by atoms with Gasteiger partial charge in [-0.3, -0.25) is 4.90 Å². The van der Waals surface area contributed by atoms with Crippen LogP contribution in [-0.2, 0) is 13.0 Å². The molecule has 2 amide bonds. The normalized spacial score (nSPS) is 16.3. The number of amides is 2. The number of urea groups is 1. The second-order valence-corrected chi connectivity index (χ2v) is 8.00. The number of anilines is 1. The Morgan fingerprint density at radius 3 is 2.69 bits per heavy atom. The molecule has 0 atom stereocenters. The molecule has 1 fully saturated rings. The van der Waals surface area contributed by atoms with Gasteiger partial charge in [-0.15, -0.1) is 0 Å². The lowest BCUT2D eigenvalue weighted by Crippen LogP contribution is -2.50. The number of nitrogens with one attached hydrogen (secondary N) is 1. The standard InChI is InChI=1S/C23H28N6O3/c1-2-21-26-18-4-3-7-24-22(18)29(21)13-10-27-8-11-28(12-9-27)23(30)25-17-5-6-19-20(16-17)32-15-14-31-19/h3-7,16H,2,8-15H2,1H3,(H,25,30). The first-order valence-electron chi connectivity index (χ1n) is 11.2. The van der Waals surface area contributed by atoms with Gasteiger partial charge in [-0.1, -0.05) is 6.92 Å². The van der Waals surface area contributed by atoms with Gasteiger partial charge in [-0.05, 0) is 24.3 Å². The van der Waals surface area contributed by atoms with Crippen molar-refractivity contribution in [3.05, 3.63) is 42.4 Å². The van der Waals surface area contributed by atoms with E-state index in [4.69, 9.17) is 14.5 Å².